The van der Waals surface area contributed by atoms with Crippen LogP contribution in [0.15, 0.2) is 0 Å². The van der Waals surface area contributed by atoms with E-state index in [4.69, 9.17) is 0 Å². The van der Waals surface area contributed by atoms with Crippen LogP contribution in [0, 0.1) is 17.8 Å². The van der Waals surface area contributed by atoms with Crippen molar-refractivity contribution in [1.82, 2.24) is 5.32 Å². The Balaban J connectivity index is 2.30. The lowest BCUT2D eigenvalue weighted by molar-refractivity contribution is -0.126. The fourth-order valence-electron chi connectivity index (χ4n) is 2.12. The third kappa shape index (κ3) is 3.78. The second-order valence-corrected chi connectivity index (χ2v) is 5.39. The van der Waals surface area contributed by atoms with Gasteiger partial charge in [0.1, 0.15) is 0 Å². The number of hydrogen-bond donors (Lipinski definition) is 2. The first-order chi connectivity index (χ1) is 7.52. The highest BCUT2D eigenvalue weighted by Crippen LogP contribution is 2.23. The van der Waals surface area contributed by atoms with Crippen LogP contribution in [0.25, 0.3) is 0 Å². The number of amides is 1. The van der Waals surface area contributed by atoms with Gasteiger partial charge in [0, 0.05) is 18.4 Å². The van der Waals surface area contributed by atoms with Crippen molar-refractivity contribution in [2.45, 2.75) is 52.6 Å². The molecule has 2 N–H and O–H groups in total. The molecule has 0 saturated heterocycles. The second-order valence-electron chi connectivity index (χ2n) is 5.39. The molecule has 1 saturated carbocycles. The lowest BCUT2D eigenvalue weighted by Crippen LogP contribution is -2.39. The standard InChI is InChI=1S/C13H25NO2/c1-9(2)10(3)13(16)14-8-11-6-4-5-7-12(11)15/h9-12,15H,4-8H2,1-3H3,(H,14,16). The van der Waals surface area contributed by atoms with E-state index < -0.39 is 0 Å². The van der Waals surface area contributed by atoms with E-state index in [0.29, 0.717) is 12.5 Å². The number of hydrogen-bond acceptors (Lipinski definition) is 2. The summed E-state index contributed by atoms with van der Waals surface area (Å²) in [7, 11) is 0. The van der Waals surface area contributed by atoms with Gasteiger partial charge in [0.25, 0.3) is 0 Å². The average molecular weight is 227 g/mol. The van der Waals surface area contributed by atoms with Crippen LogP contribution >= 0.6 is 0 Å². The van der Waals surface area contributed by atoms with Crippen molar-refractivity contribution in [2.24, 2.45) is 17.8 Å². The maximum atomic E-state index is 11.7. The molecule has 16 heavy (non-hydrogen) atoms. The zero-order valence-electron chi connectivity index (χ0n) is 10.7. The highest BCUT2D eigenvalue weighted by Gasteiger charge is 2.24. The fourth-order valence-corrected chi connectivity index (χ4v) is 2.12. The summed E-state index contributed by atoms with van der Waals surface area (Å²) in [5.41, 5.74) is 0. The van der Waals surface area contributed by atoms with Crippen molar-refractivity contribution in [3.63, 3.8) is 0 Å². The molecule has 1 aliphatic rings. The summed E-state index contributed by atoms with van der Waals surface area (Å²) in [6, 6.07) is 0. The van der Waals surface area contributed by atoms with E-state index in [2.05, 4.69) is 19.2 Å². The minimum Gasteiger partial charge on any atom is -0.393 e. The number of aliphatic hydroxyl groups is 1. The topological polar surface area (TPSA) is 49.3 Å². The van der Waals surface area contributed by atoms with E-state index >= 15 is 0 Å². The first-order valence-electron chi connectivity index (χ1n) is 6.48. The van der Waals surface area contributed by atoms with Gasteiger partial charge in [-0.3, -0.25) is 4.79 Å². The van der Waals surface area contributed by atoms with Gasteiger partial charge in [0.15, 0.2) is 0 Å². The van der Waals surface area contributed by atoms with Crippen LogP contribution in [-0.2, 0) is 4.79 Å². The smallest absolute Gasteiger partial charge is 0.223 e. The summed E-state index contributed by atoms with van der Waals surface area (Å²) in [6.45, 7) is 6.70. The summed E-state index contributed by atoms with van der Waals surface area (Å²) in [4.78, 5) is 11.7. The molecule has 0 aliphatic heterocycles. The Hall–Kier alpha value is -0.570. The third-order valence-electron chi connectivity index (χ3n) is 3.82. The predicted octanol–water partition coefficient (Wildman–Crippen LogP) is 1.95. The Morgan fingerprint density at radius 2 is 1.94 bits per heavy atom. The maximum absolute atomic E-state index is 11.7. The van der Waals surface area contributed by atoms with Crippen LogP contribution in [0.3, 0.4) is 0 Å². The van der Waals surface area contributed by atoms with E-state index in [0.717, 1.165) is 19.3 Å². The van der Waals surface area contributed by atoms with Crippen molar-refractivity contribution >= 4 is 5.91 Å². The van der Waals surface area contributed by atoms with Gasteiger partial charge in [-0.15, -0.1) is 0 Å². The summed E-state index contributed by atoms with van der Waals surface area (Å²) < 4.78 is 0. The van der Waals surface area contributed by atoms with Crippen LogP contribution in [0.2, 0.25) is 0 Å². The summed E-state index contributed by atoms with van der Waals surface area (Å²) in [6.07, 6.45) is 4.01. The van der Waals surface area contributed by atoms with Gasteiger partial charge in [-0.25, -0.2) is 0 Å². The number of carbonyl (C=O) groups excluding carboxylic acids is 1. The van der Waals surface area contributed by atoms with Crippen LogP contribution < -0.4 is 5.32 Å². The number of rotatable bonds is 4. The van der Waals surface area contributed by atoms with Gasteiger partial charge in [0.2, 0.25) is 5.91 Å². The quantitative estimate of drug-likeness (QED) is 0.771. The van der Waals surface area contributed by atoms with Gasteiger partial charge < -0.3 is 10.4 Å². The Kier molecular flexibility index (Phi) is 5.26. The van der Waals surface area contributed by atoms with Crippen LogP contribution in [0.1, 0.15) is 46.5 Å². The molecule has 1 rings (SSSR count). The molecule has 0 aromatic rings. The van der Waals surface area contributed by atoms with E-state index in [9.17, 15) is 9.90 Å². The molecule has 1 amide bonds. The van der Waals surface area contributed by atoms with Gasteiger partial charge in [0.05, 0.1) is 6.10 Å². The van der Waals surface area contributed by atoms with Crippen molar-refractivity contribution in [1.29, 1.82) is 0 Å². The molecule has 0 radical (unpaired) electrons. The van der Waals surface area contributed by atoms with Crippen molar-refractivity contribution in [2.75, 3.05) is 6.54 Å². The minimum atomic E-state index is -0.219. The fraction of sp³-hybridized carbons (Fsp3) is 0.923. The zero-order chi connectivity index (χ0) is 12.1. The van der Waals surface area contributed by atoms with E-state index in [1.54, 1.807) is 0 Å². The molecule has 0 spiro atoms. The average Bonchev–Trinajstić information content (AvgIpc) is 2.26. The molecule has 3 heteroatoms. The van der Waals surface area contributed by atoms with Gasteiger partial charge in [-0.2, -0.15) is 0 Å². The monoisotopic (exact) mass is 227 g/mol. The maximum Gasteiger partial charge on any atom is 0.223 e. The van der Waals surface area contributed by atoms with Crippen molar-refractivity contribution in [3.05, 3.63) is 0 Å². The number of aliphatic hydroxyl groups excluding tert-OH is 1. The van der Waals surface area contributed by atoms with E-state index in [-0.39, 0.29) is 23.8 Å². The first-order valence-corrected chi connectivity index (χ1v) is 6.48. The van der Waals surface area contributed by atoms with Gasteiger partial charge >= 0.3 is 0 Å². The highest BCUT2D eigenvalue weighted by molar-refractivity contribution is 5.78. The Labute approximate surface area is 98.6 Å². The molecule has 3 unspecified atom stereocenters. The molecular formula is C13H25NO2. The lowest BCUT2D eigenvalue weighted by Gasteiger charge is -2.28. The van der Waals surface area contributed by atoms with Crippen molar-refractivity contribution < 1.29 is 9.90 Å². The largest absolute Gasteiger partial charge is 0.393 e. The molecule has 0 heterocycles. The van der Waals surface area contributed by atoms with Gasteiger partial charge in [-0.05, 0) is 18.8 Å². The normalized spacial score (nSPS) is 27.8. The second kappa shape index (κ2) is 6.24. The lowest BCUT2D eigenvalue weighted by atomic mass is 9.86. The Morgan fingerprint density at radius 3 is 2.50 bits per heavy atom. The SMILES string of the molecule is CC(C)C(C)C(=O)NCC1CCCCC1O. The summed E-state index contributed by atoms with van der Waals surface area (Å²) in [5.74, 6) is 0.807. The number of nitrogens with one attached hydrogen (secondary N) is 1. The molecule has 1 aliphatic carbocycles. The van der Waals surface area contributed by atoms with Crippen LogP contribution in [0.5, 0.6) is 0 Å². The minimum absolute atomic E-state index is 0.0562. The Bertz CT molecular complexity index is 228. The molecule has 94 valence electrons. The zero-order valence-corrected chi connectivity index (χ0v) is 10.7. The predicted molar refractivity (Wildman–Crippen MR) is 65.0 cm³/mol. The molecule has 0 bridgehead atoms. The molecule has 3 atom stereocenters. The number of carbonyl (C=O) groups is 1. The molecular weight excluding hydrogens is 202 g/mol. The molecule has 1 fully saturated rings. The molecule has 3 nitrogen and oxygen atoms in total. The molecule has 0 aromatic carbocycles. The van der Waals surface area contributed by atoms with Gasteiger partial charge in [-0.1, -0.05) is 33.6 Å². The van der Waals surface area contributed by atoms with E-state index in [1.807, 2.05) is 6.92 Å². The highest BCUT2D eigenvalue weighted by atomic mass is 16.3. The summed E-state index contributed by atoms with van der Waals surface area (Å²) >= 11 is 0. The van der Waals surface area contributed by atoms with Crippen molar-refractivity contribution in [3.8, 4) is 0 Å². The molecule has 0 aromatic heterocycles. The summed E-state index contributed by atoms with van der Waals surface area (Å²) in [5, 5.41) is 12.7. The van der Waals surface area contributed by atoms with Crippen LogP contribution in [0.4, 0.5) is 0 Å². The van der Waals surface area contributed by atoms with E-state index in [1.165, 1.54) is 6.42 Å². The third-order valence-corrected chi connectivity index (χ3v) is 3.82. The first kappa shape index (κ1) is 13.5. The Morgan fingerprint density at radius 1 is 1.31 bits per heavy atom. The van der Waals surface area contributed by atoms with Crippen LogP contribution in [-0.4, -0.2) is 23.7 Å².